The van der Waals surface area contributed by atoms with E-state index in [-0.39, 0.29) is 42.7 Å². The molecule has 0 N–H and O–H groups in total. The zero-order valence-corrected chi connectivity index (χ0v) is 37.0. The fraction of sp³-hybridized carbons (Fsp3) is 0.694. The van der Waals surface area contributed by atoms with Gasteiger partial charge in [0.25, 0.3) is 0 Å². The molecule has 0 aromatic carbocycles. The van der Waals surface area contributed by atoms with Crippen LogP contribution < -0.4 is 5.11 Å². The van der Waals surface area contributed by atoms with E-state index in [0.29, 0.717) is 12.8 Å². The molecule has 2 atom stereocenters. The van der Waals surface area contributed by atoms with Crippen molar-refractivity contribution in [1.82, 2.24) is 0 Å². The molecule has 0 aliphatic carbocycles. The van der Waals surface area contributed by atoms with Gasteiger partial charge in [-0.2, -0.15) is 0 Å². The van der Waals surface area contributed by atoms with Crippen molar-refractivity contribution in [2.45, 2.75) is 180 Å². The maximum absolute atomic E-state index is 12.7. The monoisotopic (exact) mass is 798 g/mol. The van der Waals surface area contributed by atoms with Crippen LogP contribution in [0.3, 0.4) is 0 Å². The van der Waals surface area contributed by atoms with Crippen molar-refractivity contribution in [2.24, 2.45) is 0 Å². The van der Waals surface area contributed by atoms with E-state index < -0.39 is 18.1 Å². The number of rotatable bonds is 39. The minimum atomic E-state index is -1.13. The van der Waals surface area contributed by atoms with Gasteiger partial charge in [0.05, 0.1) is 40.3 Å². The molecule has 326 valence electrons. The van der Waals surface area contributed by atoms with Crippen LogP contribution in [-0.2, 0) is 28.6 Å². The van der Waals surface area contributed by atoms with Crippen LogP contribution in [0, 0.1) is 0 Å². The molecule has 0 aliphatic rings. The molecule has 0 aliphatic heterocycles. The Morgan fingerprint density at radius 2 is 0.982 bits per heavy atom. The van der Waals surface area contributed by atoms with Crippen LogP contribution in [0.5, 0.6) is 0 Å². The molecule has 0 rings (SSSR count). The third kappa shape index (κ3) is 38.1. The fourth-order valence-electron chi connectivity index (χ4n) is 6.13. The average molecular weight is 798 g/mol. The first-order valence-electron chi connectivity index (χ1n) is 22.5. The SMILES string of the molecule is CC/C=C/C/C=C/C/C=C/C/C=C/C/C=C/C/C=C/CCCCCC(=O)OCC(COCCC(C(=O)[O-])[N+](C)(C)C)OC(=O)CCCCCCCCCCCCC. The third-order valence-electron chi connectivity index (χ3n) is 9.61. The van der Waals surface area contributed by atoms with Crippen molar-refractivity contribution in [3.63, 3.8) is 0 Å². The largest absolute Gasteiger partial charge is 0.544 e. The summed E-state index contributed by atoms with van der Waals surface area (Å²) in [6.45, 7) is 4.49. The molecule has 0 radical (unpaired) electrons. The normalized spacial score (nSPS) is 13.6. The van der Waals surface area contributed by atoms with Crippen molar-refractivity contribution in [3.8, 4) is 0 Å². The van der Waals surface area contributed by atoms with Crippen LogP contribution in [0.15, 0.2) is 72.9 Å². The number of ether oxygens (including phenoxy) is 3. The van der Waals surface area contributed by atoms with Gasteiger partial charge in [-0.3, -0.25) is 9.59 Å². The molecule has 8 heteroatoms. The maximum Gasteiger partial charge on any atom is 0.306 e. The molecule has 57 heavy (non-hydrogen) atoms. The van der Waals surface area contributed by atoms with Crippen LogP contribution in [0.1, 0.15) is 168 Å². The summed E-state index contributed by atoms with van der Waals surface area (Å²) in [6, 6.07) is -0.732. The summed E-state index contributed by atoms with van der Waals surface area (Å²) in [6.07, 6.45) is 49.3. The Balaban J connectivity index is 4.36. The molecule has 0 saturated carbocycles. The number of esters is 2. The maximum atomic E-state index is 12.7. The number of carbonyl (C=O) groups is 3. The number of aliphatic carboxylic acids is 1. The number of carboxylic acid groups (broad SMARTS) is 1. The van der Waals surface area contributed by atoms with E-state index in [1.165, 1.54) is 51.4 Å². The van der Waals surface area contributed by atoms with Gasteiger partial charge in [0.2, 0.25) is 0 Å². The molecule has 0 aromatic heterocycles. The first-order valence-corrected chi connectivity index (χ1v) is 22.5. The van der Waals surface area contributed by atoms with E-state index >= 15 is 0 Å². The Kier molecular flexibility index (Phi) is 37.3. The van der Waals surface area contributed by atoms with Gasteiger partial charge in [-0.15, -0.1) is 0 Å². The van der Waals surface area contributed by atoms with E-state index in [4.69, 9.17) is 14.2 Å². The van der Waals surface area contributed by atoms with E-state index in [1.54, 1.807) is 21.1 Å². The van der Waals surface area contributed by atoms with E-state index in [9.17, 15) is 19.5 Å². The summed E-state index contributed by atoms with van der Waals surface area (Å²) in [5.74, 6) is -1.78. The number of hydrogen-bond donors (Lipinski definition) is 0. The van der Waals surface area contributed by atoms with Crippen LogP contribution in [-0.4, -0.2) is 75.5 Å². The van der Waals surface area contributed by atoms with E-state index in [0.717, 1.165) is 83.5 Å². The number of likely N-dealkylation sites (N-methyl/N-ethyl adjacent to an activating group) is 1. The van der Waals surface area contributed by atoms with Gasteiger partial charge in [-0.05, 0) is 64.2 Å². The lowest BCUT2D eigenvalue weighted by molar-refractivity contribution is -0.889. The second-order valence-corrected chi connectivity index (χ2v) is 15.9. The predicted octanol–water partition coefficient (Wildman–Crippen LogP) is 11.0. The lowest BCUT2D eigenvalue weighted by Gasteiger charge is -2.34. The molecular formula is C49H83NO7. The van der Waals surface area contributed by atoms with Gasteiger partial charge in [-0.25, -0.2) is 0 Å². The Labute approximate surface area is 349 Å². The number of allylic oxidation sites excluding steroid dienone is 12. The zero-order valence-electron chi connectivity index (χ0n) is 37.0. The minimum absolute atomic E-state index is 0.0279. The average Bonchev–Trinajstić information content (AvgIpc) is 3.17. The van der Waals surface area contributed by atoms with Crippen molar-refractivity contribution in [1.29, 1.82) is 0 Å². The molecule has 0 fully saturated rings. The summed E-state index contributed by atoms with van der Waals surface area (Å²) in [5, 5.41) is 11.6. The minimum Gasteiger partial charge on any atom is -0.544 e. The second kappa shape index (κ2) is 39.6. The Bertz CT molecular complexity index is 1160. The lowest BCUT2D eigenvalue weighted by atomic mass is 10.1. The van der Waals surface area contributed by atoms with Gasteiger partial charge in [-0.1, -0.05) is 157 Å². The van der Waals surface area contributed by atoms with Crippen LogP contribution in [0.2, 0.25) is 0 Å². The Morgan fingerprint density at radius 1 is 0.544 bits per heavy atom. The van der Waals surface area contributed by atoms with Crippen molar-refractivity contribution in [2.75, 3.05) is 41.0 Å². The number of unbranched alkanes of at least 4 members (excludes halogenated alkanes) is 13. The van der Waals surface area contributed by atoms with Crippen molar-refractivity contribution in [3.05, 3.63) is 72.9 Å². The quantitative estimate of drug-likeness (QED) is 0.0264. The summed E-state index contributed by atoms with van der Waals surface area (Å²) >= 11 is 0. The van der Waals surface area contributed by atoms with Gasteiger partial charge in [0.1, 0.15) is 12.6 Å². The number of quaternary nitrogens is 1. The molecule has 0 aromatic rings. The van der Waals surface area contributed by atoms with Crippen LogP contribution in [0.4, 0.5) is 0 Å². The highest BCUT2D eigenvalue weighted by molar-refractivity contribution is 5.70. The lowest BCUT2D eigenvalue weighted by Crippen LogP contribution is -2.55. The summed E-state index contributed by atoms with van der Waals surface area (Å²) in [4.78, 5) is 36.8. The highest BCUT2D eigenvalue weighted by Crippen LogP contribution is 2.14. The number of nitrogens with zero attached hydrogens (tertiary/aromatic N) is 1. The number of carboxylic acids is 1. The van der Waals surface area contributed by atoms with Gasteiger partial charge < -0.3 is 28.6 Å². The van der Waals surface area contributed by atoms with Crippen LogP contribution in [0.25, 0.3) is 0 Å². The molecule has 0 bridgehead atoms. The van der Waals surface area contributed by atoms with Crippen molar-refractivity contribution >= 4 is 17.9 Å². The summed E-state index contributed by atoms with van der Waals surface area (Å²) in [5.41, 5.74) is 0. The molecule has 8 nitrogen and oxygen atoms in total. The van der Waals surface area contributed by atoms with Gasteiger partial charge in [0, 0.05) is 19.3 Å². The smallest absolute Gasteiger partial charge is 0.306 e. The van der Waals surface area contributed by atoms with Gasteiger partial charge in [0.15, 0.2) is 6.10 Å². The summed E-state index contributed by atoms with van der Waals surface area (Å²) < 4.78 is 17.1. The molecule has 0 heterocycles. The topological polar surface area (TPSA) is 102 Å². The van der Waals surface area contributed by atoms with Gasteiger partial charge >= 0.3 is 11.9 Å². The fourth-order valence-corrected chi connectivity index (χ4v) is 6.13. The van der Waals surface area contributed by atoms with Crippen molar-refractivity contribution < 1.29 is 38.2 Å². The highest BCUT2D eigenvalue weighted by atomic mass is 16.6. The Morgan fingerprint density at radius 3 is 1.46 bits per heavy atom. The standard InChI is InChI=1S/C49H83NO7/c1-6-8-10-12-14-16-18-19-20-21-22-23-24-25-26-27-28-30-31-33-35-37-39-47(51)56-44-45(43-55-42-41-46(49(53)54)50(3,4)5)57-48(52)40-38-36-34-32-29-17-15-13-11-9-7-2/h8,10,14,16,19-20,22-23,25-26,28,30,45-46H,6-7,9,11-13,15,17-18,21,24,27,29,31-44H2,1-5H3/b10-8+,16-14+,20-19+,23-22+,26-25+,30-28+. The molecular weight excluding hydrogens is 715 g/mol. The van der Waals surface area contributed by atoms with E-state index in [2.05, 4.69) is 86.8 Å². The number of carbonyl (C=O) groups excluding carboxylic acids is 3. The molecule has 0 saturated heterocycles. The number of hydrogen-bond acceptors (Lipinski definition) is 7. The molecule has 0 amide bonds. The second-order valence-electron chi connectivity index (χ2n) is 15.9. The molecule has 2 unspecified atom stereocenters. The third-order valence-corrected chi connectivity index (χ3v) is 9.61. The highest BCUT2D eigenvalue weighted by Gasteiger charge is 2.25. The first kappa shape index (κ1) is 53.8. The predicted molar refractivity (Wildman–Crippen MR) is 235 cm³/mol. The van der Waals surface area contributed by atoms with Crippen LogP contribution >= 0.6 is 0 Å². The Hall–Kier alpha value is -3.23. The molecule has 0 spiro atoms. The van der Waals surface area contributed by atoms with E-state index in [1.807, 2.05) is 0 Å². The zero-order chi connectivity index (χ0) is 42.1. The summed E-state index contributed by atoms with van der Waals surface area (Å²) in [7, 11) is 5.39. The first-order chi connectivity index (χ1) is 27.6.